The molecule has 0 aromatic heterocycles. The molecule has 1 nitrogen and oxygen atoms in total. The summed E-state index contributed by atoms with van der Waals surface area (Å²) in [6.07, 6.45) is 7.99. The van der Waals surface area contributed by atoms with Crippen LogP contribution in [-0.4, -0.2) is 5.37 Å². The summed E-state index contributed by atoms with van der Waals surface area (Å²) in [6, 6.07) is 5.53. The van der Waals surface area contributed by atoms with E-state index in [-0.39, 0.29) is 5.37 Å². The van der Waals surface area contributed by atoms with Crippen LogP contribution in [-0.2, 0) is 0 Å². The zero-order chi connectivity index (χ0) is 14.5. The molecule has 0 saturated heterocycles. The van der Waals surface area contributed by atoms with Gasteiger partial charge in [0.2, 0.25) is 0 Å². The Morgan fingerprint density at radius 1 is 1.40 bits per heavy atom. The van der Waals surface area contributed by atoms with Crippen LogP contribution in [0.4, 0.5) is 0 Å². The lowest BCUT2D eigenvalue weighted by atomic mass is 10.2. The van der Waals surface area contributed by atoms with Gasteiger partial charge in [0, 0.05) is 10.6 Å². The third-order valence-corrected chi connectivity index (χ3v) is 4.31. The fourth-order valence-corrected chi connectivity index (χ4v) is 3.05. The van der Waals surface area contributed by atoms with Crippen molar-refractivity contribution in [3.05, 3.63) is 75.7 Å². The minimum absolute atomic E-state index is 0.214. The second-order valence-corrected chi connectivity index (χ2v) is 6.22. The molecule has 1 unspecified atom stereocenters. The second-order valence-electron chi connectivity index (χ2n) is 4.36. The van der Waals surface area contributed by atoms with Crippen LogP contribution in [0.3, 0.4) is 0 Å². The van der Waals surface area contributed by atoms with Crippen LogP contribution in [0, 0.1) is 0 Å². The molecule has 1 aromatic rings. The largest absolute Gasteiger partial charge is 0.369 e. The van der Waals surface area contributed by atoms with Gasteiger partial charge in [0.15, 0.2) is 0 Å². The number of benzene rings is 1. The van der Waals surface area contributed by atoms with Crippen molar-refractivity contribution in [1.29, 1.82) is 0 Å². The molecule has 1 atom stereocenters. The van der Waals surface area contributed by atoms with E-state index in [2.05, 4.69) is 23.4 Å². The monoisotopic (exact) mass is 323 g/mol. The molecule has 1 aliphatic heterocycles. The Labute approximate surface area is 134 Å². The van der Waals surface area contributed by atoms with Gasteiger partial charge in [0.05, 0.1) is 16.1 Å². The standard InChI is InChI=1S/C16H15Cl2NS/c1-3-11(2)5-4-6-16-19-15(10-20-16)13-8-7-12(17)9-14(13)18/h3-10,16,19H,1H2,2H3/b6-4+,11-5-. The molecule has 1 heterocycles. The van der Waals surface area contributed by atoms with Gasteiger partial charge < -0.3 is 5.32 Å². The Bertz CT molecular complexity index is 602. The highest BCUT2D eigenvalue weighted by atomic mass is 35.5. The van der Waals surface area contributed by atoms with Crippen molar-refractivity contribution in [2.45, 2.75) is 12.3 Å². The van der Waals surface area contributed by atoms with Gasteiger partial charge in [-0.3, -0.25) is 0 Å². The normalized spacial score (nSPS) is 19.1. The molecule has 0 radical (unpaired) electrons. The Balaban J connectivity index is 2.03. The number of nitrogens with one attached hydrogen (secondary N) is 1. The maximum absolute atomic E-state index is 6.21. The Morgan fingerprint density at radius 2 is 2.20 bits per heavy atom. The summed E-state index contributed by atoms with van der Waals surface area (Å²) in [7, 11) is 0. The molecule has 0 fully saturated rings. The quantitative estimate of drug-likeness (QED) is 0.719. The fraction of sp³-hybridized carbons (Fsp3) is 0.125. The van der Waals surface area contributed by atoms with E-state index in [0.29, 0.717) is 10.0 Å². The van der Waals surface area contributed by atoms with E-state index >= 15 is 0 Å². The van der Waals surface area contributed by atoms with E-state index in [9.17, 15) is 0 Å². The van der Waals surface area contributed by atoms with Gasteiger partial charge in [-0.1, -0.05) is 59.7 Å². The number of allylic oxidation sites excluding steroid dienone is 4. The van der Waals surface area contributed by atoms with Gasteiger partial charge in [0.1, 0.15) is 0 Å². The van der Waals surface area contributed by atoms with Crippen molar-refractivity contribution >= 4 is 40.7 Å². The first-order chi connectivity index (χ1) is 9.60. The molecule has 4 heteroatoms. The maximum Gasteiger partial charge on any atom is 0.0954 e. The first kappa shape index (κ1) is 15.3. The molecular formula is C16H15Cl2NS. The Morgan fingerprint density at radius 3 is 2.90 bits per heavy atom. The summed E-state index contributed by atoms with van der Waals surface area (Å²) in [5.74, 6) is 0. The average Bonchev–Trinajstić information content (AvgIpc) is 2.87. The first-order valence-corrected chi connectivity index (χ1v) is 7.85. The number of hydrogen-bond donors (Lipinski definition) is 1. The molecule has 0 spiro atoms. The Kier molecular flexibility index (Phi) is 5.41. The van der Waals surface area contributed by atoms with Crippen LogP contribution in [0.25, 0.3) is 5.70 Å². The lowest BCUT2D eigenvalue weighted by molar-refractivity contribution is 0.965. The predicted octanol–water partition coefficient (Wildman–Crippen LogP) is 5.64. The lowest BCUT2D eigenvalue weighted by Crippen LogP contribution is -2.17. The summed E-state index contributed by atoms with van der Waals surface area (Å²) in [4.78, 5) is 0. The molecule has 2 rings (SSSR count). The lowest BCUT2D eigenvalue weighted by Gasteiger charge is -2.10. The minimum Gasteiger partial charge on any atom is -0.369 e. The van der Waals surface area contributed by atoms with Crippen LogP contribution in [0.5, 0.6) is 0 Å². The van der Waals surface area contributed by atoms with E-state index in [1.807, 2.05) is 37.3 Å². The summed E-state index contributed by atoms with van der Waals surface area (Å²) >= 11 is 13.8. The smallest absolute Gasteiger partial charge is 0.0954 e. The number of hydrogen-bond acceptors (Lipinski definition) is 2. The summed E-state index contributed by atoms with van der Waals surface area (Å²) in [5.41, 5.74) is 3.13. The van der Waals surface area contributed by atoms with Crippen molar-refractivity contribution in [1.82, 2.24) is 5.32 Å². The van der Waals surface area contributed by atoms with Crippen LogP contribution < -0.4 is 5.32 Å². The minimum atomic E-state index is 0.214. The fourth-order valence-electron chi connectivity index (χ4n) is 1.68. The average molecular weight is 324 g/mol. The van der Waals surface area contributed by atoms with Crippen molar-refractivity contribution in [2.24, 2.45) is 0 Å². The summed E-state index contributed by atoms with van der Waals surface area (Å²) < 4.78 is 0. The van der Waals surface area contributed by atoms with Crippen molar-refractivity contribution in [3.63, 3.8) is 0 Å². The Hall–Kier alpha value is -1.09. The van der Waals surface area contributed by atoms with Gasteiger partial charge in [0.25, 0.3) is 0 Å². The van der Waals surface area contributed by atoms with Gasteiger partial charge >= 0.3 is 0 Å². The van der Waals surface area contributed by atoms with Crippen molar-refractivity contribution in [3.8, 4) is 0 Å². The zero-order valence-corrected chi connectivity index (χ0v) is 13.4. The number of halogens is 2. The zero-order valence-electron chi connectivity index (χ0n) is 11.1. The number of rotatable bonds is 4. The molecular weight excluding hydrogens is 309 g/mol. The van der Waals surface area contributed by atoms with Gasteiger partial charge in [-0.2, -0.15) is 0 Å². The summed E-state index contributed by atoms with van der Waals surface area (Å²) in [6.45, 7) is 5.74. The third-order valence-electron chi connectivity index (χ3n) is 2.82. The molecule has 20 heavy (non-hydrogen) atoms. The molecule has 1 N–H and O–H groups in total. The third kappa shape index (κ3) is 3.95. The molecule has 1 aromatic carbocycles. The van der Waals surface area contributed by atoms with Gasteiger partial charge in [-0.15, -0.1) is 11.8 Å². The van der Waals surface area contributed by atoms with E-state index in [0.717, 1.165) is 16.8 Å². The molecule has 0 aliphatic carbocycles. The van der Waals surface area contributed by atoms with Crippen LogP contribution in [0.2, 0.25) is 10.0 Å². The highest BCUT2D eigenvalue weighted by Gasteiger charge is 2.16. The molecule has 0 amide bonds. The SMILES string of the molecule is C=C/C(C)=C\C=C\C1NC(c2ccc(Cl)cc2Cl)=CS1. The predicted molar refractivity (Wildman–Crippen MR) is 92.0 cm³/mol. The van der Waals surface area contributed by atoms with E-state index in [1.165, 1.54) is 0 Å². The van der Waals surface area contributed by atoms with E-state index in [4.69, 9.17) is 23.2 Å². The topological polar surface area (TPSA) is 12.0 Å². The molecule has 0 bridgehead atoms. The maximum atomic E-state index is 6.21. The van der Waals surface area contributed by atoms with Gasteiger partial charge in [-0.25, -0.2) is 0 Å². The molecule has 1 aliphatic rings. The second kappa shape index (κ2) is 7.07. The van der Waals surface area contributed by atoms with Crippen LogP contribution in [0.1, 0.15) is 12.5 Å². The number of thioether (sulfide) groups is 1. The van der Waals surface area contributed by atoms with Gasteiger partial charge in [-0.05, 0) is 30.5 Å². The summed E-state index contributed by atoms with van der Waals surface area (Å²) in [5, 5.41) is 7.01. The van der Waals surface area contributed by atoms with Crippen LogP contribution >= 0.6 is 35.0 Å². The van der Waals surface area contributed by atoms with E-state index < -0.39 is 0 Å². The van der Waals surface area contributed by atoms with Crippen molar-refractivity contribution in [2.75, 3.05) is 0 Å². The molecule has 104 valence electrons. The van der Waals surface area contributed by atoms with E-state index in [1.54, 1.807) is 17.8 Å². The van der Waals surface area contributed by atoms with Crippen molar-refractivity contribution < 1.29 is 0 Å². The molecule has 0 saturated carbocycles. The van der Waals surface area contributed by atoms with Crippen LogP contribution in [0.15, 0.2) is 60.1 Å². The first-order valence-electron chi connectivity index (χ1n) is 6.15. The highest BCUT2D eigenvalue weighted by molar-refractivity contribution is 8.03. The highest BCUT2D eigenvalue weighted by Crippen LogP contribution is 2.32.